The van der Waals surface area contributed by atoms with E-state index in [9.17, 15) is 14.8 Å². The molecule has 5 atom stereocenters. The van der Waals surface area contributed by atoms with Gasteiger partial charge < -0.3 is 25.2 Å². The van der Waals surface area contributed by atoms with Crippen molar-refractivity contribution >= 4 is 11.5 Å². The quantitative estimate of drug-likeness (QED) is 0.526. The van der Waals surface area contributed by atoms with Gasteiger partial charge in [-0.3, -0.25) is 4.90 Å². The number of nitrogens with two attached hydrogens (primary N) is 1. The number of nitriles is 1. The number of nitrogen functional groups attached to an aromatic ring is 1. The van der Waals surface area contributed by atoms with E-state index in [-0.39, 0.29) is 24.8 Å². The Labute approximate surface area is 240 Å². The van der Waals surface area contributed by atoms with Gasteiger partial charge in [0.15, 0.2) is 0 Å². The summed E-state index contributed by atoms with van der Waals surface area (Å²) in [5.41, 5.74) is 9.54. The maximum atomic E-state index is 14.4. The Bertz CT molecular complexity index is 1430. The predicted octanol–water partition coefficient (Wildman–Crippen LogP) is 3.71. The number of anilines is 2. The van der Waals surface area contributed by atoms with E-state index in [0.717, 1.165) is 73.4 Å². The fourth-order valence-corrected chi connectivity index (χ4v) is 8.10. The van der Waals surface area contributed by atoms with Crippen molar-refractivity contribution < 1.29 is 19.0 Å². The fraction of sp³-hybridized carbons (Fsp3) is 0.645. The molecule has 10 heteroatoms. The molecule has 2 aromatic rings. The van der Waals surface area contributed by atoms with E-state index >= 15 is 0 Å². The molecule has 3 N–H and O–H groups in total. The number of hydrogen-bond donors (Lipinski definition) is 2. The lowest BCUT2D eigenvalue weighted by Gasteiger charge is -2.52. The number of fused-ring (bicyclic) bond motifs is 4. The Morgan fingerprint density at radius 1 is 1.27 bits per heavy atom. The van der Waals surface area contributed by atoms with Crippen molar-refractivity contribution in [3.05, 3.63) is 40.1 Å². The van der Waals surface area contributed by atoms with Crippen molar-refractivity contribution in [2.24, 2.45) is 0 Å². The molecular formula is C31H39FN6O3. The molecule has 5 heterocycles. The zero-order valence-electron chi connectivity index (χ0n) is 24.0. The molecule has 0 radical (unpaired) electrons. The molecular weight excluding hydrogens is 523 g/mol. The standard InChI is InChI=1S/C31H39FN6O3/c1-19-6-8-31(26-21(19)4-5-24(34)22(26)14-33)13-25-23(16-41-31)27(38-11-9-29(38,2)17-39)36-28(35-25)40-18-30-7-3-10-37(30)15-20(32)12-30/h4-5,19-20,39H,3,6-13,15-18,34H2,1-2H3/t19-,20+,29+,30-,31-/m0/s1. The zero-order chi connectivity index (χ0) is 28.6. The summed E-state index contributed by atoms with van der Waals surface area (Å²) in [6, 6.07) is 6.50. The molecule has 218 valence electrons. The summed E-state index contributed by atoms with van der Waals surface area (Å²) in [5.74, 6) is 1.02. The smallest absolute Gasteiger partial charge is 0.318 e. The average Bonchev–Trinajstić information content (AvgIpc) is 3.48. The van der Waals surface area contributed by atoms with Crippen molar-refractivity contribution in [1.29, 1.82) is 5.26 Å². The van der Waals surface area contributed by atoms with Gasteiger partial charge >= 0.3 is 6.01 Å². The topological polar surface area (TPSA) is 121 Å². The van der Waals surface area contributed by atoms with E-state index in [1.54, 1.807) is 0 Å². The third-order valence-corrected chi connectivity index (χ3v) is 10.7. The first-order valence-corrected chi connectivity index (χ1v) is 15.0. The highest BCUT2D eigenvalue weighted by Gasteiger charge is 2.51. The first-order chi connectivity index (χ1) is 19.7. The van der Waals surface area contributed by atoms with Gasteiger partial charge in [0, 0.05) is 42.7 Å². The SMILES string of the molecule is C[C@H]1CC[C@]2(Cc3nc(OC[C@@]45CCCN4C[C@H](F)C5)nc(N4CC[C@]4(C)CO)c3CO2)c2c1ccc(N)c2C#N. The van der Waals surface area contributed by atoms with Crippen LogP contribution in [0.5, 0.6) is 6.01 Å². The van der Waals surface area contributed by atoms with Crippen LogP contribution in [0.1, 0.15) is 86.2 Å². The Hall–Kier alpha value is -3.00. The van der Waals surface area contributed by atoms with Crippen LogP contribution in [0.4, 0.5) is 15.9 Å². The van der Waals surface area contributed by atoms with Gasteiger partial charge in [-0.05, 0) is 63.1 Å². The second-order valence-corrected chi connectivity index (χ2v) is 13.2. The van der Waals surface area contributed by atoms with Crippen LogP contribution in [0.2, 0.25) is 0 Å². The number of ether oxygens (including phenoxy) is 2. The number of aliphatic hydroxyl groups is 1. The van der Waals surface area contributed by atoms with E-state index in [1.165, 1.54) is 0 Å². The molecule has 3 saturated heterocycles. The van der Waals surface area contributed by atoms with Crippen LogP contribution in [0, 0.1) is 11.3 Å². The van der Waals surface area contributed by atoms with Gasteiger partial charge in [0.2, 0.25) is 0 Å². The van der Waals surface area contributed by atoms with E-state index in [4.69, 9.17) is 25.2 Å². The molecule has 41 heavy (non-hydrogen) atoms. The number of halogens is 1. The summed E-state index contributed by atoms with van der Waals surface area (Å²) in [6.45, 7) is 6.99. The van der Waals surface area contributed by atoms with Gasteiger partial charge in [-0.25, -0.2) is 4.39 Å². The molecule has 1 aliphatic carbocycles. The third-order valence-electron chi connectivity index (χ3n) is 10.7. The van der Waals surface area contributed by atoms with Gasteiger partial charge in [0.05, 0.1) is 35.5 Å². The Kier molecular flexibility index (Phi) is 6.23. The highest BCUT2D eigenvalue weighted by molar-refractivity contribution is 5.64. The highest BCUT2D eigenvalue weighted by Crippen LogP contribution is 2.52. The molecule has 0 bridgehead atoms. The largest absolute Gasteiger partial charge is 0.461 e. The number of alkyl halides is 1. The minimum atomic E-state index is -0.835. The Balaban J connectivity index is 1.29. The minimum absolute atomic E-state index is 0.0127. The number of aliphatic hydroxyl groups excluding tert-OH is 1. The van der Waals surface area contributed by atoms with Crippen molar-refractivity contribution in [2.45, 2.75) is 94.2 Å². The predicted molar refractivity (Wildman–Crippen MR) is 151 cm³/mol. The van der Waals surface area contributed by atoms with Crippen LogP contribution < -0.4 is 15.4 Å². The summed E-state index contributed by atoms with van der Waals surface area (Å²) in [7, 11) is 0. The van der Waals surface area contributed by atoms with Gasteiger partial charge in [0.25, 0.3) is 0 Å². The van der Waals surface area contributed by atoms with Crippen molar-refractivity contribution in [2.75, 3.05) is 43.5 Å². The molecule has 3 fully saturated rings. The second kappa shape index (κ2) is 9.51. The third kappa shape index (κ3) is 4.03. The van der Waals surface area contributed by atoms with E-state index in [0.29, 0.717) is 43.2 Å². The van der Waals surface area contributed by atoms with Crippen molar-refractivity contribution in [3.63, 3.8) is 0 Å². The number of benzene rings is 1. The molecule has 7 rings (SSSR count). The van der Waals surface area contributed by atoms with Gasteiger partial charge in [0.1, 0.15) is 30.3 Å². The summed E-state index contributed by atoms with van der Waals surface area (Å²) < 4.78 is 27.5. The number of hydrogen-bond acceptors (Lipinski definition) is 9. The van der Waals surface area contributed by atoms with Crippen LogP contribution in [-0.4, -0.2) is 70.1 Å². The van der Waals surface area contributed by atoms with Crippen molar-refractivity contribution in [1.82, 2.24) is 14.9 Å². The second-order valence-electron chi connectivity index (χ2n) is 13.2. The lowest BCUT2D eigenvalue weighted by molar-refractivity contribution is -0.0875. The summed E-state index contributed by atoms with van der Waals surface area (Å²) in [6.07, 6.45) is 4.59. The molecule has 1 aromatic heterocycles. The Morgan fingerprint density at radius 3 is 2.88 bits per heavy atom. The lowest BCUT2D eigenvalue weighted by atomic mass is 9.69. The summed E-state index contributed by atoms with van der Waals surface area (Å²) in [4.78, 5) is 14.2. The average molecular weight is 563 g/mol. The molecule has 1 aromatic carbocycles. The first kappa shape index (κ1) is 26.9. The van der Waals surface area contributed by atoms with E-state index in [2.05, 4.69) is 22.8 Å². The summed E-state index contributed by atoms with van der Waals surface area (Å²) in [5, 5.41) is 20.3. The monoisotopic (exact) mass is 562 g/mol. The van der Waals surface area contributed by atoms with Crippen LogP contribution in [-0.2, 0) is 23.4 Å². The van der Waals surface area contributed by atoms with Crippen LogP contribution >= 0.6 is 0 Å². The van der Waals surface area contributed by atoms with Crippen molar-refractivity contribution in [3.8, 4) is 12.1 Å². The molecule has 4 aliphatic heterocycles. The maximum Gasteiger partial charge on any atom is 0.318 e. The van der Waals surface area contributed by atoms with Crippen LogP contribution in [0.3, 0.4) is 0 Å². The van der Waals surface area contributed by atoms with E-state index in [1.807, 2.05) is 19.1 Å². The molecule has 5 aliphatic rings. The fourth-order valence-electron chi connectivity index (χ4n) is 8.10. The summed E-state index contributed by atoms with van der Waals surface area (Å²) >= 11 is 0. The first-order valence-electron chi connectivity index (χ1n) is 15.0. The lowest BCUT2D eigenvalue weighted by Crippen LogP contribution is -2.61. The van der Waals surface area contributed by atoms with E-state index < -0.39 is 17.3 Å². The van der Waals surface area contributed by atoms with Crippen LogP contribution in [0.15, 0.2) is 12.1 Å². The number of nitrogens with zero attached hydrogens (tertiary/aromatic N) is 5. The molecule has 0 amide bonds. The molecule has 0 unspecified atom stereocenters. The zero-order valence-corrected chi connectivity index (χ0v) is 24.0. The van der Waals surface area contributed by atoms with Gasteiger partial charge in [-0.15, -0.1) is 0 Å². The van der Waals surface area contributed by atoms with Crippen LogP contribution in [0.25, 0.3) is 0 Å². The number of rotatable bonds is 5. The number of aromatic nitrogens is 2. The molecule has 0 saturated carbocycles. The van der Waals surface area contributed by atoms with Gasteiger partial charge in [-0.2, -0.15) is 15.2 Å². The Morgan fingerprint density at radius 2 is 2.12 bits per heavy atom. The molecule has 9 nitrogen and oxygen atoms in total. The molecule has 1 spiro atoms. The minimum Gasteiger partial charge on any atom is -0.461 e. The highest BCUT2D eigenvalue weighted by atomic mass is 19.1. The normalized spacial score (nSPS) is 34.1. The van der Waals surface area contributed by atoms with Gasteiger partial charge in [-0.1, -0.05) is 13.0 Å². The maximum absolute atomic E-state index is 14.4.